The number of carboxylic acids is 1. The summed E-state index contributed by atoms with van der Waals surface area (Å²) >= 11 is 0. The van der Waals surface area contributed by atoms with Crippen LogP contribution >= 0.6 is 0 Å². The van der Waals surface area contributed by atoms with E-state index in [1.54, 1.807) is 0 Å². The monoisotopic (exact) mass is 183 g/mol. The summed E-state index contributed by atoms with van der Waals surface area (Å²) in [6.45, 7) is 2.07. The highest BCUT2D eigenvalue weighted by molar-refractivity contribution is 5.75. The van der Waals surface area contributed by atoms with E-state index in [2.05, 4.69) is 0 Å². The summed E-state index contributed by atoms with van der Waals surface area (Å²) in [5.74, 6) is -0.804. The molecule has 1 aliphatic carbocycles. The Balaban J connectivity index is 2.16. The Hall–Kier alpha value is -0.570. The molecule has 0 amide bonds. The number of carboxylic acid groups (broad SMARTS) is 1. The average molecular weight is 183 g/mol. The number of hydrogen-bond donors (Lipinski definition) is 1. The summed E-state index contributed by atoms with van der Waals surface area (Å²) in [4.78, 5) is 12.5. The number of quaternary nitrogens is 1. The fourth-order valence-electron chi connectivity index (χ4n) is 2.96. The number of likely N-dealkylation sites (tertiary alicyclic amines) is 1. The van der Waals surface area contributed by atoms with Crippen molar-refractivity contribution < 1.29 is 14.8 Å². The Morgan fingerprint density at radius 3 is 2.08 bits per heavy atom. The quantitative estimate of drug-likeness (QED) is 0.580. The van der Waals surface area contributed by atoms with Crippen LogP contribution in [-0.2, 0) is 4.79 Å². The third-order valence-electron chi connectivity index (χ3n) is 3.73. The normalized spacial score (nSPS) is 28.0. The number of carbonyl (C=O) groups is 1. The van der Waals surface area contributed by atoms with Gasteiger partial charge >= 0.3 is 0 Å². The van der Waals surface area contributed by atoms with E-state index in [4.69, 9.17) is 0 Å². The number of nitrogens with one attached hydrogen (secondary N) is 1. The highest BCUT2D eigenvalue weighted by Gasteiger charge is 2.45. The molecule has 0 unspecified atom stereocenters. The lowest BCUT2D eigenvalue weighted by Gasteiger charge is -2.36. The molecule has 74 valence electrons. The van der Waals surface area contributed by atoms with Crippen LogP contribution in [0, 0.1) is 0 Å². The molecule has 2 rings (SSSR count). The Kier molecular flexibility index (Phi) is 2.28. The zero-order valence-electron chi connectivity index (χ0n) is 7.97. The topological polar surface area (TPSA) is 44.6 Å². The van der Waals surface area contributed by atoms with Crippen LogP contribution in [0.4, 0.5) is 0 Å². The van der Waals surface area contributed by atoms with E-state index in [0.29, 0.717) is 0 Å². The maximum Gasteiger partial charge on any atom is 0.138 e. The van der Waals surface area contributed by atoms with Crippen molar-refractivity contribution in [2.45, 2.75) is 44.1 Å². The van der Waals surface area contributed by atoms with E-state index >= 15 is 0 Å². The maximum absolute atomic E-state index is 11.2. The van der Waals surface area contributed by atoms with Crippen LogP contribution in [0.2, 0.25) is 0 Å². The second-order valence-corrected chi connectivity index (χ2v) is 4.39. The smallest absolute Gasteiger partial charge is 0.138 e. The van der Waals surface area contributed by atoms with Gasteiger partial charge in [-0.15, -0.1) is 0 Å². The minimum Gasteiger partial charge on any atom is -0.544 e. The van der Waals surface area contributed by atoms with E-state index in [-0.39, 0.29) is 0 Å². The minimum absolute atomic E-state index is 0.503. The van der Waals surface area contributed by atoms with Crippen molar-refractivity contribution in [1.29, 1.82) is 0 Å². The molecular weight excluding hydrogens is 166 g/mol. The van der Waals surface area contributed by atoms with E-state index in [9.17, 15) is 9.90 Å². The molecular formula is C10H17NO2. The Bertz CT molecular complexity index is 203. The molecule has 1 aliphatic heterocycles. The first-order chi connectivity index (χ1) is 6.26. The van der Waals surface area contributed by atoms with Gasteiger partial charge in [0, 0.05) is 25.7 Å². The van der Waals surface area contributed by atoms with Crippen LogP contribution in [0.1, 0.15) is 38.5 Å². The van der Waals surface area contributed by atoms with E-state index in [1.165, 1.54) is 17.7 Å². The first-order valence-electron chi connectivity index (χ1n) is 5.32. The minimum atomic E-state index is -0.804. The average Bonchev–Trinajstić information content (AvgIpc) is 2.75. The number of hydrogen-bond acceptors (Lipinski definition) is 2. The molecule has 1 N–H and O–H groups in total. The maximum atomic E-state index is 11.2. The van der Waals surface area contributed by atoms with E-state index < -0.39 is 11.5 Å². The predicted molar refractivity (Wildman–Crippen MR) is 46.1 cm³/mol. The molecule has 0 aromatic rings. The Morgan fingerprint density at radius 2 is 1.62 bits per heavy atom. The van der Waals surface area contributed by atoms with Gasteiger partial charge in [0.15, 0.2) is 0 Å². The van der Waals surface area contributed by atoms with Gasteiger partial charge in [0.2, 0.25) is 0 Å². The van der Waals surface area contributed by atoms with Crippen LogP contribution in [0.5, 0.6) is 0 Å². The second kappa shape index (κ2) is 3.29. The van der Waals surface area contributed by atoms with Gasteiger partial charge in [0.25, 0.3) is 0 Å². The van der Waals surface area contributed by atoms with E-state index in [0.717, 1.165) is 38.8 Å². The Morgan fingerprint density at radius 1 is 1.08 bits per heavy atom. The summed E-state index contributed by atoms with van der Waals surface area (Å²) < 4.78 is 0. The molecule has 0 atom stereocenters. The largest absolute Gasteiger partial charge is 0.544 e. The predicted octanol–water partition coefficient (Wildman–Crippen LogP) is -1.27. The number of aliphatic carboxylic acids is 1. The zero-order chi connectivity index (χ0) is 9.31. The van der Waals surface area contributed by atoms with Crippen molar-refractivity contribution >= 4 is 5.97 Å². The second-order valence-electron chi connectivity index (χ2n) is 4.39. The molecule has 0 aromatic heterocycles. The highest BCUT2D eigenvalue weighted by Crippen LogP contribution is 2.27. The molecule has 0 spiro atoms. The summed E-state index contributed by atoms with van der Waals surface area (Å²) in [6, 6.07) is 0. The molecule has 3 nitrogen and oxygen atoms in total. The highest BCUT2D eigenvalue weighted by atomic mass is 16.4. The van der Waals surface area contributed by atoms with E-state index in [1.807, 2.05) is 0 Å². The van der Waals surface area contributed by atoms with Crippen LogP contribution < -0.4 is 10.0 Å². The van der Waals surface area contributed by atoms with Gasteiger partial charge in [0.1, 0.15) is 11.5 Å². The van der Waals surface area contributed by atoms with Crippen LogP contribution in [0.25, 0.3) is 0 Å². The van der Waals surface area contributed by atoms with Gasteiger partial charge < -0.3 is 14.8 Å². The molecule has 2 fully saturated rings. The fourth-order valence-corrected chi connectivity index (χ4v) is 2.96. The first-order valence-corrected chi connectivity index (χ1v) is 5.32. The summed E-state index contributed by atoms with van der Waals surface area (Å²) in [7, 11) is 0. The van der Waals surface area contributed by atoms with Gasteiger partial charge in [-0.05, 0) is 12.8 Å². The lowest BCUT2D eigenvalue weighted by Crippen LogP contribution is -3.20. The fraction of sp³-hybridized carbons (Fsp3) is 0.900. The SMILES string of the molecule is O=C([O-])C1([NH+]2CCCC2)CCCC1. The van der Waals surface area contributed by atoms with Crippen molar-refractivity contribution in [1.82, 2.24) is 0 Å². The molecule has 1 saturated heterocycles. The molecule has 0 radical (unpaired) electrons. The van der Waals surface area contributed by atoms with Gasteiger partial charge in [0.05, 0.1) is 13.1 Å². The lowest BCUT2D eigenvalue weighted by atomic mass is 9.96. The van der Waals surface area contributed by atoms with Crippen molar-refractivity contribution in [2.24, 2.45) is 0 Å². The summed E-state index contributed by atoms with van der Waals surface area (Å²) in [5, 5.41) is 11.2. The van der Waals surface area contributed by atoms with Crippen molar-refractivity contribution in [3.05, 3.63) is 0 Å². The molecule has 0 bridgehead atoms. The van der Waals surface area contributed by atoms with Crippen LogP contribution in [-0.4, -0.2) is 24.6 Å². The molecule has 13 heavy (non-hydrogen) atoms. The third kappa shape index (κ3) is 1.35. The van der Waals surface area contributed by atoms with Crippen LogP contribution in [0.15, 0.2) is 0 Å². The first kappa shape index (κ1) is 9.00. The molecule has 2 aliphatic rings. The van der Waals surface area contributed by atoms with Gasteiger partial charge in [-0.3, -0.25) is 0 Å². The number of rotatable bonds is 2. The van der Waals surface area contributed by atoms with Crippen molar-refractivity contribution in [3.8, 4) is 0 Å². The van der Waals surface area contributed by atoms with Crippen LogP contribution in [0.3, 0.4) is 0 Å². The van der Waals surface area contributed by atoms with Gasteiger partial charge in [-0.25, -0.2) is 0 Å². The van der Waals surface area contributed by atoms with Gasteiger partial charge in [-0.2, -0.15) is 0 Å². The van der Waals surface area contributed by atoms with Crippen molar-refractivity contribution in [2.75, 3.05) is 13.1 Å². The third-order valence-corrected chi connectivity index (χ3v) is 3.73. The molecule has 3 heteroatoms. The lowest BCUT2D eigenvalue weighted by molar-refractivity contribution is -0.933. The molecule has 1 heterocycles. The summed E-state index contributed by atoms with van der Waals surface area (Å²) in [5.41, 5.74) is -0.503. The molecule has 0 aromatic carbocycles. The van der Waals surface area contributed by atoms with Gasteiger partial charge in [-0.1, -0.05) is 0 Å². The zero-order valence-corrected chi connectivity index (χ0v) is 7.97. The van der Waals surface area contributed by atoms with Crippen molar-refractivity contribution in [3.63, 3.8) is 0 Å². The molecule has 1 saturated carbocycles. The number of carbonyl (C=O) groups excluding carboxylic acids is 1. The summed E-state index contributed by atoms with van der Waals surface area (Å²) in [6.07, 6.45) is 6.18. The Labute approximate surface area is 78.7 Å². The standard InChI is InChI=1S/C10H17NO2/c12-9(13)10(5-1-2-6-10)11-7-3-4-8-11/h1-8H2,(H,12,13).